The van der Waals surface area contributed by atoms with Gasteiger partial charge in [-0.2, -0.15) is 4.98 Å². The van der Waals surface area contributed by atoms with Crippen molar-refractivity contribution in [2.45, 2.75) is 45.1 Å². The van der Waals surface area contributed by atoms with E-state index in [1.807, 2.05) is 31.2 Å². The van der Waals surface area contributed by atoms with Crippen LogP contribution in [0, 0.1) is 6.92 Å². The number of nitrogens with one attached hydrogen (secondary N) is 2. The highest BCUT2D eigenvalue weighted by Gasteiger charge is 2.18. The number of benzene rings is 1. The van der Waals surface area contributed by atoms with Gasteiger partial charge in [0, 0.05) is 17.9 Å². The van der Waals surface area contributed by atoms with Crippen LogP contribution in [-0.2, 0) is 0 Å². The maximum atomic E-state index is 11.7. The fourth-order valence-corrected chi connectivity index (χ4v) is 2.94. The Labute approximate surface area is 141 Å². The van der Waals surface area contributed by atoms with E-state index in [4.69, 9.17) is 5.73 Å². The van der Waals surface area contributed by atoms with Gasteiger partial charge in [0.25, 0.3) is 5.91 Å². The van der Waals surface area contributed by atoms with Crippen molar-refractivity contribution in [3.8, 4) is 0 Å². The third-order valence-corrected chi connectivity index (χ3v) is 4.31. The predicted octanol–water partition coefficient (Wildman–Crippen LogP) is 3.37. The number of hydrogen-bond acceptors (Lipinski definition) is 5. The van der Waals surface area contributed by atoms with Crippen molar-refractivity contribution in [2.24, 2.45) is 5.73 Å². The number of nitrogens with zero attached hydrogens (tertiary/aromatic N) is 2. The lowest BCUT2D eigenvalue weighted by molar-refractivity contribution is 0.100. The van der Waals surface area contributed by atoms with Gasteiger partial charge >= 0.3 is 0 Å². The summed E-state index contributed by atoms with van der Waals surface area (Å²) >= 11 is 0. The summed E-state index contributed by atoms with van der Waals surface area (Å²) in [6.45, 7) is 2.04. The van der Waals surface area contributed by atoms with Gasteiger partial charge in [0.15, 0.2) is 0 Å². The number of nitrogens with two attached hydrogens (primary N) is 1. The molecule has 2 aromatic rings. The normalized spacial score (nSPS) is 15.0. The van der Waals surface area contributed by atoms with E-state index in [0.29, 0.717) is 23.4 Å². The largest absolute Gasteiger partial charge is 0.367 e. The molecule has 6 nitrogen and oxygen atoms in total. The van der Waals surface area contributed by atoms with E-state index in [2.05, 4.69) is 20.6 Å². The average molecular weight is 325 g/mol. The van der Waals surface area contributed by atoms with Crippen LogP contribution < -0.4 is 16.4 Å². The van der Waals surface area contributed by atoms with E-state index in [9.17, 15) is 4.79 Å². The van der Waals surface area contributed by atoms with E-state index in [1.165, 1.54) is 31.0 Å². The van der Waals surface area contributed by atoms with E-state index in [1.54, 1.807) is 0 Å². The summed E-state index contributed by atoms with van der Waals surface area (Å²) in [4.78, 5) is 20.3. The van der Waals surface area contributed by atoms with E-state index in [-0.39, 0.29) is 0 Å². The molecule has 1 fully saturated rings. The van der Waals surface area contributed by atoms with Gasteiger partial charge in [0.05, 0.1) is 5.56 Å². The quantitative estimate of drug-likeness (QED) is 0.783. The Morgan fingerprint density at radius 1 is 1.17 bits per heavy atom. The van der Waals surface area contributed by atoms with Crippen LogP contribution in [0.4, 0.5) is 17.5 Å². The Morgan fingerprint density at radius 2 is 1.88 bits per heavy atom. The number of primary amides is 1. The fraction of sp³-hybridized carbons (Fsp3) is 0.389. The summed E-state index contributed by atoms with van der Waals surface area (Å²) in [6, 6.07) is 8.30. The second kappa shape index (κ2) is 7.29. The molecule has 6 heteroatoms. The van der Waals surface area contributed by atoms with Crippen LogP contribution in [0.15, 0.2) is 30.5 Å². The Hall–Kier alpha value is -2.63. The molecule has 1 heterocycles. The number of anilines is 3. The van der Waals surface area contributed by atoms with Crippen LogP contribution in [0.25, 0.3) is 0 Å². The van der Waals surface area contributed by atoms with Gasteiger partial charge in [-0.15, -0.1) is 0 Å². The van der Waals surface area contributed by atoms with Gasteiger partial charge in [-0.25, -0.2) is 4.98 Å². The highest BCUT2D eigenvalue weighted by Crippen LogP contribution is 2.24. The first-order valence-electron chi connectivity index (χ1n) is 8.39. The van der Waals surface area contributed by atoms with E-state index < -0.39 is 5.91 Å². The topological polar surface area (TPSA) is 92.9 Å². The molecule has 0 spiro atoms. The second-order valence-electron chi connectivity index (χ2n) is 6.29. The van der Waals surface area contributed by atoms with Gasteiger partial charge in [-0.05, 0) is 31.9 Å². The number of carbonyl (C=O) groups excluding carboxylic acids is 1. The SMILES string of the molecule is Cc1ccc(Nc2ncc(C(N)=O)c(NC3CCCCC3)n2)cc1. The summed E-state index contributed by atoms with van der Waals surface area (Å²) < 4.78 is 0. The van der Waals surface area contributed by atoms with Gasteiger partial charge in [-0.3, -0.25) is 4.79 Å². The first-order chi connectivity index (χ1) is 11.6. The Morgan fingerprint density at radius 3 is 2.54 bits per heavy atom. The first-order valence-corrected chi connectivity index (χ1v) is 8.39. The molecule has 0 bridgehead atoms. The number of amides is 1. The minimum atomic E-state index is -0.518. The lowest BCUT2D eigenvalue weighted by Crippen LogP contribution is -2.26. The van der Waals surface area contributed by atoms with Gasteiger partial charge in [-0.1, -0.05) is 37.0 Å². The summed E-state index contributed by atoms with van der Waals surface area (Å²) in [5, 5.41) is 6.53. The molecule has 1 aromatic heterocycles. The number of aryl methyl sites for hydroxylation is 1. The third kappa shape index (κ3) is 4.01. The molecule has 1 aromatic carbocycles. The van der Waals surface area contributed by atoms with Crippen molar-refractivity contribution in [3.63, 3.8) is 0 Å². The summed E-state index contributed by atoms with van der Waals surface area (Å²) in [7, 11) is 0. The van der Waals surface area contributed by atoms with Crippen LogP contribution in [0.5, 0.6) is 0 Å². The molecule has 1 aliphatic rings. The molecular weight excluding hydrogens is 302 g/mol. The van der Waals surface area contributed by atoms with Crippen LogP contribution in [0.3, 0.4) is 0 Å². The first kappa shape index (κ1) is 16.2. The predicted molar refractivity (Wildman–Crippen MR) is 95.5 cm³/mol. The minimum Gasteiger partial charge on any atom is -0.367 e. The molecule has 0 unspecified atom stereocenters. The summed E-state index contributed by atoms with van der Waals surface area (Å²) in [5.74, 6) is 0.441. The molecule has 24 heavy (non-hydrogen) atoms. The van der Waals surface area contributed by atoms with Crippen LogP contribution >= 0.6 is 0 Å². The zero-order valence-electron chi connectivity index (χ0n) is 13.9. The van der Waals surface area contributed by atoms with Crippen LogP contribution in [0.2, 0.25) is 0 Å². The highest BCUT2D eigenvalue weighted by atomic mass is 16.1. The molecule has 126 valence electrons. The lowest BCUT2D eigenvalue weighted by atomic mass is 9.95. The van der Waals surface area contributed by atoms with Gasteiger partial charge in [0.1, 0.15) is 5.82 Å². The minimum absolute atomic E-state index is 0.329. The van der Waals surface area contributed by atoms with Crippen molar-refractivity contribution < 1.29 is 4.79 Å². The lowest BCUT2D eigenvalue weighted by Gasteiger charge is -2.24. The number of rotatable bonds is 5. The van der Waals surface area contributed by atoms with E-state index in [0.717, 1.165) is 18.5 Å². The molecule has 0 aliphatic heterocycles. The molecule has 1 amide bonds. The molecule has 0 saturated heterocycles. The zero-order chi connectivity index (χ0) is 16.9. The van der Waals surface area contributed by atoms with Crippen LogP contribution in [-0.4, -0.2) is 21.9 Å². The summed E-state index contributed by atoms with van der Waals surface area (Å²) in [5.41, 5.74) is 7.87. The third-order valence-electron chi connectivity index (χ3n) is 4.31. The second-order valence-corrected chi connectivity index (χ2v) is 6.29. The van der Waals surface area contributed by atoms with Crippen molar-refractivity contribution >= 4 is 23.4 Å². The number of hydrogen-bond donors (Lipinski definition) is 3. The van der Waals surface area contributed by atoms with Crippen LogP contribution in [0.1, 0.15) is 48.0 Å². The van der Waals surface area contributed by atoms with Gasteiger partial charge < -0.3 is 16.4 Å². The molecule has 4 N–H and O–H groups in total. The van der Waals surface area contributed by atoms with Crippen molar-refractivity contribution in [2.75, 3.05) is 10.6 Å². The molecular formula is C18H23N5O. The fourth-order valence-electron chi connectivity index (χ4n) is 2.94. The molecule has 0 atom stereocenters. The number of carbonyl (C=O) groups is 1. The van der Waals surface area contributed by atoms with Crippen molar-refractivity contribution in [1.82, 2.24) is 9.97 Å². The smallest absolute Gasteiger partial charge is 0.254 e. The Kier molecular flexibility index (Phi) is 4.93. The summed E-state index contributed by atoms with van der Waals surface area (Å²) in [6.07, 6.45) is 7.32. The maximum absolute atomic E-state index is 11.7. The molecule has 0 radical (unpaired) electrons. The Bertz CT molecular complexity index is 708. The molecule has 1 saturated carbocycles. The van der Waals surface area contributed by atoms with Crippen molar-refractivity contribution in [1.29, 1.82) is 0 Å². The number of aromatic nitrogens is 2. The van der Waals surface area contributed by atoms with E-state index >= 15 is 0 Å². The zero-order valence-corrected chi connectivity index (χ0v) is 13.9. The highest BCUT2D eigenvalue weighted by molar-refractivity contribution is 5.97. The Balaban J connectivity index is 1.81. The average Bonchev–Trinajstić information content (AvgIpc) is 2.58. The molecule has 1 aliphatic carbocycles. The molecule has 3 rings (SSSR count). The van der Waals surface area contributed by atoms with Crippen molar-refractivity contribution in [3.05, 3.63) is 41.6 Å². The maximum Gasteiger partial charge on any atom is 0.254 e. The van der Waals surface area contributed by atoms with Gasteiger partial charge in [0.2, 0.25) is 5.95 Å². The monoisotopic (exact) mass is 325 g/mol. The standard InChI is InChI=1S/C18H23N5O/c1-12-7-9-14(10-8-12)22-18-20-11-15(16(19)24)17(23-18)21-13-5-3-2-4-6-13/h7-11,13H,2-6H2,1H3,(H2,19,24)(H2,20,21,22,23).